The third-order valence-corrected chi connectivity index (χ3v) is 4.57. The maximum absolute atomic E-state index is 12.1. The number of hydrogen-bond donors (Lipinski definition) is 1. The summed E-state index contributed by atoms with van der Waals surface area (Å²) in [4.78, 5) is 24.9. The van der Waals surface area contributed by atoms with E-state index in [0.29, 0.717) is 0 Å². The minimum Gasteiger partial charge on any atom is -0.358 e. The Morgan fingerprint density at radius 2 is 1.85 bits per heavy atom. The number of para-hydroxylation sites is 1. The molecule has 0 radical (unpaired) electrons. The van der Waals surface area contributed by atoms with E-state index in [1.165, 1.54) is 32.8 Å². The van der Waals surface area contributed by atoms with Gasteiger partial charge < -0.3 is 14.8 Å². The molecule has 0 bridgehead atoms. The molecule has 0 spiro atoms. The van der Waals surface area contributed by atoms with Crippen molar-refractivity contribution in [3.05, 3.63) is 54.1 Å². The first-order valence-corrected chi connectivity index (χ1v) is 8.70. The van der Waals surface area contributed by atoms with Gasteiger partial charge in [0, 0.05) is 48.5 Å². The van der Waals surface area contributed by atoms with Gasteiger partial charge in [0.2, 0.25) is 11.8 Å². The van der Waals surface area contributed by atoms with Gasteiger partial charge in [0.15, 0.2) is 0 Å². The Morgan fingerprint density at radius 1 is 1.12 bits per heavy atom. The first-order chi connectivity index (χ1) is 12.5. The van der Waals surface area contributed by atoms with Gasteiger partial charge in [-0.1, -0.05) is 24.3 Å². The van der Waals surface area contributed by atoms with E-state index < -0.39 is 0 Å². The Bertz CT molecular complexity index is 1000. The molecule has 2 amide bonds. The average molecular weight is 349 g/mol. The van der Waals surface area contributed by atoms with Crippen LogP contribution >= 0.6 is 0 Å². The molecule has 3 rings (SSSR count). The van der Waals surface area contributed by atoms with Crippen LogP contribution in [0.3, 0.4) is 0 Å². The summed E-state index contributed by atoms with van der Waals surface area (Å²) in [5.74, 6) is -0.396. The van der Waals surface area contributed by atoms with E-state index in [2.05, 4.69) is 47.1 Å². The van der Waals surface area contributed by atoms with Crippen molar-refractivity contribution in [2.75, 3.05) is 20.6 Å². The lowest BCUT2D eigenvalue weighted by Gasteiger charge is -2.13. The van der Waals surface area contributed by atoms with E-state index in [9.17, 15) is 9.59 Å². The molecule has 5 nitrogen and oxygen atoms in total. The van der Waals surface area contributed by atoms with Crippen molar-refractivity contribution in [2.45, 2.75) is 13.5 Å². The van der Waals surface area contributed by atoms with Crippen molar-refractivity contribution in [3.63, 3.8) is 0 Å². The lowest BCUT2D eigenvalue weighted by molar-refractivity contribution is -0.130. The zero-order valence-corrected chi connectivity index (χ0v) is 15.3. The average Bonchev–Trinajstić information content (AvgIpc) is 2.98. The number of rotatable bonds is 5. The lowest BCUT2D eigenvalue weighted by atomic mass is 10.1. The zero-order valence-electron chi connectivity index (χ0n) is 15.3. The standard InChI is InChI=1S/C21H23N3O2/c1-4-24-18-8-6-5-7-16(18)17-13-15(9-11-19(17)24)10-12-21(26)23(3)14-20(25)22-2/h5-13H,4,14H2,1-3H3,(H,22,25). The third kappa shape index (κ3) is 3.33. The summed E-state index contributed by atoms with van der Waals surface area (Å²) >= 11 is 0. The van der Waals surface area contributed by atoms with Crippen LogP contribution in [-0.4, -0.2) is 41.9 Å². The Morgan fingerprint density at radius 3 is 2.58 bits per heavy atom. The third-order valence-electron chi connectivity index (χ3n) is 4.57. The highest BCUT2D eigenvalue weighted by atomic mass is 16.2. The molecule has 0 atom stereocenters. The van der Waals surface area contributed by atoms with Crippen LogP contribution in [0.15, 0.2) is 48.5 Å². The van der Waals surface area contributed by atoms with Gasteiger partial charge in [-0.2, -0.15) is 0 Å². The molecule has 3 aromatic rings. The molecule has 1 heterocycles. The molecule has 0 fully saturated rings. The van der Waals surface area contributed by atoms with Crippen molar-refractivity contribution in [1.82, 2.24) is 14.8 Å². The number of nitrogens with one attached hydrogen (secondary N) is 1. The highest BCUT2D eigenvalue weighted by Crippen LogP contribution is 2.29. The Balaban J connectivity index is 1.91. The van der Waals surface area contributed by atoms with E-state index >= 15 is 0 Å². The van der Waals surface area contributed by atoms with Gasteiger partial charge in [0.1, 0.15) is 0 Å². The maximum atomic E-state index is 12.1. The molecule has 2 aromatic carbocycles. The van der Waals surface area contributed by atoms with E-state index in [4.69, 9.17) is 0 Å². The van der Waals surface area contributed by atoms with Gasteiger partial charge in [-0.05, 0) is 36.8 Å². The predicted molar refractivity (Wildman–Crippen MR) is 106 cm³/mol. The van der Waals surface area contributed by atoms with Gasteiger partial charge in [-0.3, -0.25) is 9.59 Å². The second kappa shape index (κ2) is 7.44. The number of carbonyl (C=O) groups excluding carboxylic acids is 2. The van der Waals surface area contributed by atoms with Crippen molar-refractivity contribution >= 4 is 39.7 Å². The van der Waals surface area contributed by atoms with E-state index in [1.54, 1.807) is 20.2 Å². The molecule has 0 saturated heterocycles. The summed E-state index contributed by atoms with van der Waals surface area (Å²) < 4.78 is 2.29. The fourth-order valence-electron chi connectivity index (χ4n) is 3.18. The summed E-state index contributed by atoms with van der Waals surface area (Å²) in [6.07, 6.45) is 3.29. The fraction of sp³-hybridized carbons (Fsp3) is 0.238. The number of nitrogens with zero attached hydrogens (tertiary/aromatic N) is 2. The second-order valence-corrected chi connectivity index (χ2v) is 6.24. The number of fused-ring (bicyclic) bond motifs is 3. The van der Waals surface area contributed by atoms with Crippen LogP contribution in [0.2, 0.25) is 0 Å². The molecule has 0 aliphatic rings. The van der Waals surface area contributed by atoms with Gasteiger partial charge in [0.25, 0.3) is 0 Å². The Labute approximate surface area is 152 Å². The normalized spacial score (nSPS) is 11.3. The van der Waals surface area contributed by atoms with Crippen molar-refractivity contribution < 1.29 is 9.59 Å². The molecule has 1 N–H and O–H groups in total. The van der Waals surface area contributed by atoms with E-state index in [0.717, 1.165) is 12.1 Å². The fourth-order valence-corrected chi connectivity index (χ4v) is 3.18. The highest BCUT2D eigenvalue weighted by Gasteiger charge is 2.10. The van der Waals surface area contributed by atoms with Crippen LogP contribution in [0.1, 0.15) is 12.5 Å². The molecular weight excluding hydrogens is 326 g/mol. The van der Waals surface area contributed by atoms with E-state index in [-0.39, 0.29) is 18.4 Å². The predicted octanol–water partition coefficient (Wildman–Crippen LogP) is 3.03. The Hall–Kier alpha value is -3.08. The molecule has 0 saturated carbocycles. The molecule has 134 valence electrons. The van der Waals surface area contributed by atoms with Crippen LogP contribution in [0.4, 0.5) is 0 Å². The van der Waals surface area contributed by atoms with E-state index in [1.807, 2.05) is 12.1 Å². The van der Waals surface area contributed by atoms with Crippen molar-refractivity contribution in [2.24, 2.45) is 0 Å². The summed E-state index contributed by atoms with van der Waals surface area (Å²) in [7, 11) is 3.17. The second-order valence-electron chi connectivity index (χ2n) is 6.24. The molecule has 0 aliphatic heterocycles. The SMILES string of the molecule is CCn1c2ccccc2c2cc(C=CC(=O)N(C)CC(=O)NC)ccc21. The number of amides is 2. The Kier molecular flexibility index (Phi) is 5.07. The maximum Gasteiger partial charge on any atom is 0.246 e. The van der Waals surface area contributed by atoms with Gasteiger partial charge in [0.05, 0.1) is 6.54 Å². The summed E-state index contributed by atoms with van der Waals surface area (Å²) in [6, 6.07) is 14.6. The number of aryl methyl sites for hydroxylation is 1. The van der Waals surface area contributed by atoms with Crippen LogP contribution in [0.25, 0.3) is 27.9 Å². The zero-order chi connectivity index (χ0) is 18.7. The quantitative estimate of drug-likeness (QED) is 0.720. The molecule has 0 unspecified atom stereocenters. The minimum atomic E-state index is -0.204. The molecule has 1 aromatic heterocycles. The number of aromatic nitrogens is 1. The monoisotopic (exact) mass is 349 g/mol. The largest absolute Gasteiger partial charge is 0.358 e. The highest BCUT2D eigenvalue weighted by molar-refractivity contribution is 6.08. The van der Waals surface area contributed by atoms with Crippen LogP contribution < -0.4 is 5.32 Å². The van der Waals surface area contributed by atoms with Crippen molar-refractivity contribution in [1.29, 1.82) is 0 Å². The van der Waals surface area contributed by atoms with Crippen LogP contribution in [0.5, 0.6) is 0 Å². The smallest absolute Gasteiger partial charge is 0.246 e. The number of carbonyl (C=O) groups is 2. The number of likely N-dealkylation sites (N-methyl/N-ethyl adjacent to an activating group) is 2. The van der Waals surface area contributed by atoms with Gasteiger partial charge >= 0.3 is 0 Å². The molecule has 0 aliphatic carbocycles. The first-order valence-electron chi connectivity index (χ1n) is 8.70. The lowest BCUT2D eigenvalue weighted by Crippen LogP contribution is -2.35. The topological polar surface area (TPSA) is 54.3 Å². The minimum absolute atomic E-state index is 0.0443. The summed E-state index contributed by atoms with van der Waals surface area (Å²) in [6.45, 7) is 3.09. The summed E-state index contributed by atoms with van der Waals surface area (Å²) in [5.41, 5.74) is 3.36. The van der Waals surface area contributed by atoms with Gasteiger partial charge in [-0.15, -0.1) is 0 Å². The summed E-state index contributed by atoms with van der Waals surface area (Å²) in [5, 5.41) is 4.90. The molecule has 5 heteroatoms. The molecular formula is C21H23N3O2. The number of benzene rings is 2. The van der Waals surface area contributed by atoms with Gasteiger partial charge in [-0.25, -0.2) is 0 Å². The van der Waals surface area contributed by atoms with Crippen LogP contribution in [-0.2, 0) is 16.1 Å². The first kappa shape index (κ1) is 17.7. The molecule has 26 heavy (non-hydrogen) atoms. The number of hydrogen-bond acceptors (Lipinski definition) is 2. The van der Waals surface area contributed by atoms with Crippen molar-refractivity contribution in [3.8, 4) is 0 Å². The van der Waals surface area contributed by atoms with Crippen LogP contribution in [0, 0.1) is 0 Å².